The minimum Gasteiger partial charge on any atom is -0.317 e. The fourth-order valence-electron chi connectivity index (χ4n) is 3.55. The van der Waals surface area contributed by atoms with Crippen LogP contribution in [0.15, 0.2) is 18.2 Å². The van der Waals surface area contributed by atoms with E-state index >= 15 is 0 Å². The lowest BCUT2D eigenvalue weighted by atomic mass is 9.71. The van der Waals surface area contributed by atoms with Crippen molar-refractivity contribution in [1.82, 2.24) is 10.2 Å². The highest BCUT2D eigenvalue weighted by molar-refractivity contribution is 6.30. The maximum atomic E-state index is 13.8. The summed E-state index contributed by atoms with van der Waals surface area (Å²) in [5.74, 6) is -0.142. The van der Waals surface area contributed by atoms with Gasteiger partial charge in [-0.05, 0) is 75.5 Å². The number of piperidine rings is 2. The molecule has 2 aliphatic heterocycles. The first-order valence-electron chi connectivity index (χ1n) is 7.54. The predicted molar refractivity (Wildman–Crippen MR) is 80.5 cm³/mol. The van der Waals surface area contributed by atoms with E-state index in [2.05, 4.69) is 10.2 Å². The van der Waals surface area contributed by atoms with E-state index in [0.717, 1.165) is 31.7 Å². The molecule has 0 bridgehead atoms. The molecule has 1 aromatic rings. The van der Waals surface area contributed by atoms with Crippen molar-refractivity contribution in [2.24, 2.45) is 5.41 Å². The quantitative estimate of drug-likeness (QED) is 0.899. The van der Waals surface area contributed by atoms with E-state index in [9.17, 15) is 4.39 Å². The van der Waals surface area contributed by atoms with Crippen LogP contribution in [0.1, 0.15) is 31.2 Å². The van der Waals surface area contributed by atoms with Gasteiger partial charge in [0.25, 0.3) is 0 Å². The molecule has 3 rings (SSSR count). The van der Waals surface area contributed by atoms with Gasteiger partial charge in [-0.2, -0.15) is 0 Å². The summed E-state index contributed by atoms with van der Waals surface area (Å²) >= 11 is 5.96. The Morgan fingerprint density at radius 2 is 1.85 bits per heavy atom. The number of nitrogens with one attached hydrogen (secondary N) is 1. The van der Waals surface area contributed by atoms with Crippen LogP contribution in [-0.2, 0) is 6.54 Å². The van der Waals surface area contributed by atoms with Gasteiger partial charge in [0.05, 0.1) is 0 Å². The summed E-state index contributed by atoms with van der Waals surface area (Å²) in [6.45, 7) is 5.14. The molecule has 2 heterocycles. The lowest BCUT2D eigenvalue weighted by Gasteiger charge is -2.44. The smallest absolute Gasteiger partial charge is 0.127 e. The fourth-order valence-corrected chi connectivity index (χ4v) is 3.74. The first kappa shape index (κ1) is 14.3. The van der Waals surface area contributed by atoms with Crippen molar-refractivity contribution in [3.05, 3.63) is 34.6 Å². The van der Waals surface area contributed by atoms with Crippen LogP contribution in [0.3, 0.4) is 0 Å². The molecule has 2 nitrogen and oxygen atoms in total. The van der Waals surface area contributed by atoms with Crippen LogP contribution < -0.4 is 5.32 Å². The van der Waals surface area contributed by atoms with E-state index in [1.807, 2.05) is 0 Å². The van der Waals surface area contributed by atoms with Crippen molar-refractivity contribution >= 4 is 11.6 Å². The first-order valence-corrected chi connectivity index (χ1v) is 7.92. The number of nitrogens with zero attached hydrogens (tertiary/aromatic N) is 1. The average molecular weight is 297 g/mol. The molecule has 2 fully saturated rings. The van der Waals surface area contributed by atoms with Crippen molar-refractivity contribution in [1.29, 1.82) is 0 Å². The van der Waals surface area contributed by atoms with Gasteiger partial charge in [-0.25, -0.2) is 4.39 Å². The molecule has 4 heteroatoms. The Morgan fingerprint density at radius 1 is 1.15 bits per heavy atom. The second kappa shape index (κ2) is 6.00. The topological polar surface area (TPSA) is 15.3 Å². The van der Waals surface area contributed by atoms with Crippen LogP contribution in [0, 0.1) is 11.2 Å². The lowest BCUT2D eigenvalue weighted by molar-refractivity contribution is 0.0696. The number of hydrogen-bond donors (Lipinski definition) is 1. The van der Waals surface area contributed by atoms with Crippen LogP contribution >= 0.6 is 11.6 Å². The highest BCUT2D eigenvalue weighted by Crippen LogP contribution is 2.39. The van der Waals surface area contributed by atoms with E-state index in [0.29, 0.717) is 17.0 Å². The number of rotatable bonds is 2. The third kappa shape index (κ3) is 3.16. The van der Waals surface area contributed by atoms with E-state index < -0.39 is 0 Å². The number of halogens is 2. The zero-order chi connectivity index (χ0) is 14.0. The Hall–Kier alpha value is -0.640. The molecule has 0 atom stereocenters. The normalized spacial score (nSPS) is 23.1. The molecule has 20 heavy (non-hydrogen) atoms. The summed E-state index contributed by atoms with van der Waals surface area (Å²) in [5, 5.41) is 4.06. The predicted octanol–water partition coefficient (Wildman–Crippen LogP) is 3.44. The van der Waals surface area contributed by atoms with Gasteiger partial charge in [0.2, 0.25) is 0 Å². The zero-order valence-corrected chi connectivity index (χ0v) is 12.6. The third-order valence-corrected chi connectivity index (χ3v) is 5.22. The SMILES string of the molecule is Fc1ccc(Cl)cc1CN1CCC2(CCNCC2)CC1. The fraction of sp³-hybridized carbons (Fsp3) is 0.625. The Morgan fingerprint density at radius 3 is 2.55 bits per heavy atom. The van der Waals surface area contributed by atoms with Crippen molar-refractivity contribution in [3.8, 4) is 0 Å². The largest absolute Gasteiger partial charge is 0.317 e. The molecule has 2 saturated heterocycles. The maximum absolute atomic E-state index is 13.8. The summed E-state index contributed by atoms with van der Waals surface area (Å²) in [6, 6.07) is 4.84. The molecule has 0 aromatic heterocycles. The van der Waals surface area contributed by atoms with Crippen LogP contribution in [0.5, 0.6) is 0 Å². The van der Waals surface area contributed by atoms with Gasteiger partial charge in [-0.3, -0.25) is 4.90 Å². The van der Waals surface area contributed by atoms with Gasteiger partial charge in [-0.15, -0.1) is 0 Å². The molecule has 1 aromatic carbocycles. The molecule has 1 spiro atoms. The number of hydrogen-bond acceptors (Lipinski definition) is 2. The maximum Gasteiger partial charge on any atom is 0.127 e. The minimum absolute atomic E-state index is 0.142. The molecule has 0 aliphatic carbocycles. The Balaban J connectivity index is 1.59. The summed E-state index contributed by atoms with van der Waals surface area (Å²) in [5.41, 5.74) is 1.27. The second-order valence-electron chi connectivity index (χ2n) is 6.26. The molecule has 0 amide bonds. The molecule has 1 N–H and O–H groups in total. The van der Waals surface area contributed by atoms with Gasteiger partial charge in [0.15, 0.2) is 0 Å². The van der Waals surface area contributed by atoms with E-state index in [4.69, 9.17) is 11.6 Å². The highest BCUT2D eigenvalue weighted by atomic mass is 35.5. The van der Waals surface area contributed by atoms with Crippen molar-refractivity contribution in [3.63, 3.8) is 0 Å². The standard InChI is InChI=1S/C16H22ClFN2/c17-14-1-2-15(18)13(11-14)12-20-9-5-16(6-10-20)3-7-19-8-4-16/h1-2,11,19H,3-10,12H2. The molecule has 2 aliphatic rings. The Labute approximate surface area is 125 Å². The highest BCUT2D eigenvalue weighted by Gasteiger charge is 2.35. The monoisotopic (exact) mass is 296 g/mol. The lowest BCUT2D eigenvalue weighted by Crippen LogP contribution is -2.45. The van der Waals surface area contributed by atoms with Gasteiger partial charge < -0.3 is 5.32 Å². The van der Waals surface area contributed by atoms with Crippen molar-refractivity contribution in [2.75, 3.05) is 26.2 Å². The first-order chi connectivity index (χ1) is 9.67. The van der Waals surface area contributed by atoms with Crippen molar-refractivity contribution < 1.29 is 4.39 Å². The third-order valence-electron chi connectivity index (χ3n) is 4.98. The van der Waals surface area contributed by atoms with Gasteiger partial charge in [-0.1, -0.05) is 11.6 Å². The zero-order valence-electron chi connectivity index (χ0n) is 11.8. The van der Waals surface area contributed by atoms with Crippen LogP contribution in [0.4, 0.5) is 4.39 Å². The second-order valence-corrected chi connectivity index (χ2v) is 6.70. The van der Waals surface area contributed by atoms with Gasteiger partial charge in [0, 0.05) is 17.1 Å². The number of benzene rings is 1. The molecule has 0 radical (unpaired) electrons. The van der Waals surface area contributed by atoms with Crippen LogP contribution in [0.25, 0.3) is 0 Å². The van der Waals surface area contributed by atoms with Crippen LogP contribution in [0.2, 0.25) is 5.02 Å². The minimum atomic E-state index is -0.142. The van der Waals surface area contributed by atoms with Gasteiger partial charge >= 0.3 is 0 Å². The average Bonchev–Trinajstić information content (AvgIpc) is 2.47. The molecule has 0 unspecified atom stereocenters. The van der Waals surface area contributed by atoms with Gasteiger partial charge in [0.1, 0.15) is 5.82 Å². The van der Waals surface area contributed by atoms with E-state index in [1.54, 1.807) is 12.1 Å². The van der Waals surface area contributed by atoms with Crippen LogP contribution in [-0.4, -0.2) is 31.1 Å². The summed E-state index contributed by atoms with van der Waals surface area (Å²) in [6.07, 6.45) is 5.09. The van der Waals surface area contributed by atoms with E-state index in [1.165, 1.54) is 31.7 Å². The summed E-state index contributed by atoms with van der Waals surface area (Å²) in [4.78, 5) is 2.36. The summed E-state index contributed by atoms with van der Waals surface area (Å²) in [7, 11) is 0. The molecular weight excluding hydrogens is 275 g/mol. The Kier molecular flexibility index (Phi) is 4.29. The summed E-state index contributed by atoms with van der Waals surface area (Å²) < 4.78 is 13.8. The Bertz CT molecular complexity index is 462. The van der Waals surface area contributed by atoms with E-state index in [-0.39, 0.29) is 5.82 Å². The molecule has 0 saturated carbocycles. The molecule has 110 valence electrons. The van der Waals surface area contributed by atoms with Crippen molar-refractivity contribution in [2.45, 2.75) is 32.2 Å². The number of likely N-dealkylation sites (tertiary alicyclic amines) is 1. The molecular formula is C16H22ClFN2.